The van der Waals surface area contributed by atoms with Crippen LogP contribution in [-0.2, 0) is 13.5 Å². The molecule has 0 aliphatic heterocycles. The summed E-state index contributed by atoms with van der Waals surface area (Å²) in [6.07, 6.45) is 0.662. The van der Waals surface area contributed by atoms with Crippen molar-refractivity contribution in [2.45, 2.75) is 6.42 Å². The summed E-state index contributed by atoms with van der Waals surface area (Å²) >= 11 is 3.24. The van der Waals surface area contributed by atoms with Crippen molar-refractivity contribution in [3.63, 3.8) is 0 Å². The minimum Gasteiger partial charge on any atom is -0.396 e. The lowest BCUT2D eigenvalue weighted by molar-refractivity contribution is 0.296. The molecule has 0 aromatic carbocycles. The molecule has 56 valence electrons. The van der Waals surface area contributed by atoms with E-state index in [2.05, 4.69) is 21.0 Å². The van der Waals surface area contributed by atoms with Gasteiger partial charge in [0, 0.05) is 25.8 Å². The number of hydrogen-bond acceptors (Lipinski definition) is 2. The smallest absolute Gasteiger partial charge is 0.128 e. The first kappa shape index (κ1) is 7.75. The van der Waals surface area contributed by atoms with E-state index in [1.165, 1.54) is 0 Å². The Morgan fingerprint density at radius 3 is 2.90 bits per heavy atom. The molecule has 0 amide bonds. The molecule has 0 unspecified atom stereocenters. The van der Waals surface area contributed by atoms with Crippen molar-refractivity contribution in [1.29, 1.82) is 0 Å². The molecule has 1 N–H and O–H groups in total. The van der Waals surface area contributed by atoms with Crippen LogP contribution in [-0.4, -0.2) is 21.5 Å². The number of aliphatic hydroxyl groups excluding tert-OH is 1. The standard InChI is InChI=1S/C6H9BrN2O/c1-9-5(2-3-10)4-6(7)8-9/h4,10H,2-3H2,1H3. The van der Waals surface area contributed by atoms with E-state index >= 15 is 0 Å². The van der Waals surface area contributed by atoms with Gasteiger partial charge in [-0.25, -0.2) is 0 Å². The molecule has 1 heterocycles. The Hall–Kier alpha value is -0.350. The predicted molar refractivity (Wildman–Crippen MR) is 41.7 cm³/mol. The van der Waals surface area contributed by atoms with Crippen LogP contribution in [0.1, 0.15) is 5.69 Å². The summed E-state index contributed by atoms with van der Waals surface area (Å²) in [6, 6.07) is 1.90. The minimum absolute atomic E-state index is 0.173. The lowest BCUT2D eigenvalue weighted by Gasteiger charge is -1.95. The van der Waals surface area contributed by atoms with E-state index in [1.807, 2.05) is 13.1 Å². The fourth-order valence-electron chi connectivity index (χ4n) is 0.816. The summed E-state index contributed by atoms with van der Waals surface area (Å²) in [4.78, 5) is 0. The number of rotatable bonds is 2. The average Bonchev–Trinajstić information content (AvgIpc) is 2.13. The molecule has 0 atom stereocenters. The number of hydrogen-bond donors (Lipinski definition) is 1. The Labute approximate surface area is 67.8 Å². The van der Waals surface area contributed by atoms with Crippen LogP contribution in [0.4, 0.5) is 0 Å². The summed E-state index contributed by atoms with van der Waals surface area (Å²) in [5.41, 5.74) is 1.04. The van der Waals surface area contributed by atoms with Crippen LogP contribution in [0.3, 0.4) is 0 Å². The molecule has 1 rings (SSSR count). The zero-order chi connectivity index (χ0) is 7.56. The van der Waals surface area contributed by atoms with Crippen molar-refractivity contribution >= 4 is 15.9 Å². The first-order chi connectivity index (χ1) is 4.74. The molecule has 0 bridgehead atoms. The Balaban J connectivity index is 2.81. The van der Waals surface area contributed by atoms with Crippen molar-refractivity contribution < 1.29 is 5.11 Å². The molecular weight excluding hydrogens is 196 g/mol. The van der Waals surface area contributed by atoms with Crippen LogP contribution in [0.25, 0.3) is 0 Å². The van der Waals surface area contributed by atoms with Gasteiger partial charge in [-0.05, 0) is 22.0 Å². The number of aliphatic hydroxyl groups is 1. The van der Waals surface area contributed by atoms with Crippen molar-refractivity contribution in [3.8, 4) is 0 Å². The maximum absolute atomic E-state index is 8.60. The third-order valence-electron chi connectivity index (χ3n) is 1.31. The first-order valence-electron chi connectivity index (χ1n) is 3.03. The third kappa shape index (κ3) is 1.58. The molecule has 1 aromatic heterocycles. The van der Waals surface area contributed by atoms with Crippen LogP contribution in [0, 0.1) is 0 Å². The molecule has 0 saturated heterocycles. The Kier molecular flexibility index (Phi) is 2.45. The zero-order valence-electron chi connectivity index (χ0n) is 5.71. The van der Waals surface area contributed by atoms with Crippen LogP contribution in [0.5, 0.6) is 0 Å². The van der Waals surface area contributed by atoms with Gasteiger partial charge in [-0.1, -0.05) is 0 Å². The van der Waals surface area contributed by atoms with Crippen LogP contribution < -0.4 is 0 Å². The molecule has 0 aliphatic rings. The van der Waals surface area contributed by atoms with E-state index in [9.17, 15) is 0 Å². The topological polar surface area (TPSA) is 38.0 Å². The number of nitrogens with zero attached hydrogens (tertiary/aromatic N) is 2. The van der Waals surface area contributed by atoms with Gasteiger partial charge in [0.25, 0.3) is 0 Å². The molecule has 0 radical (unpaired) electrons. The largest absolute Gasteiger partial charge is 0.396 e. The average molecular weight is 205 g/mol. The number of halogens is 1. The molecule has 4 heteroatoms. The van der Waals surface area contributed by atoms with Crippen molar-refractivity contribution in [1.82, 2.24) is 9.78 Å². The number of aromatic nitrogens is 2. The summed E-state index contributed by atoms with van der Waals surface area (Å²) in [5.74, 6) is 0. The van der Waals surface area contributed by atoms with Gasteiger partial charge >= 0.3 is 0 Å². The Bertz CT molecular complexity index is 222. The van der Waals surface area contributed by atoms with E-state index in [-0.39, 0.29) is 6.61 Å². The van der Waals surface area contributed by atoms with Crippen LogP contribution in [0.2, 0.25) is 0 Å². The molecule has 0 fully saturated rings. The van der Waals surface area contributed by atoms with Gasteiger partial charge in [0.2, 0.25) is 0 Å². The van der Waals surface area contributed by atoms with Gasteiger partial charge in [-0.2, -0.15) is 5.10 Å². The van der Waals surface area contributed by atoms with Gasteiger partial charge in [-0.15, -0.1) is 0 Å². The van der Waals surface area contributed by atoms with E-state index < -0.39 is 0 Å². The highest BCUT2D eigenvalue weighted by atomic mass is 79.9. The van der Waals surface area contributed by atoms with E-state index in [4.69, 9.17) is 5.11 Å². The van der Waals surface area contributed by atoms with Crippen molar-refractivity contribution in [3.05, 3.63) is 16.4 Å². The fourth-order valence-corrected chi connectivity index (χ4v) is 1.32. The lowest BCUT2D eigenvalue weighted by atomic mass is 10.3. The molecule has 0 aliphatic carbocycles. The quantitative estimate of drug-likeness (QED) is 0.772. The highest BCUT2D eigenvalue weighted by molar-refractivity contribution is 9.10. The molecule has 1 aromatic rings. The van der Waals surface area contributed by atoms with Gasteiger partial charge < -0.3 is 5.11 Å². The second-order valence-electron chi connectivity index (χ2n) is 2.06. The summed E-state index contributed by atoms with van der Waals surface area (Å²) in [6.45, 7) is 0.173. The highest BCUT2D eigenvalue weighted by Crippen LogP contribution is 2.09. The van der Waals surface area contributed by atoms with Gasteiger partial charge in [0.05, 0.1) is 0 Å². The Morgan fingerprint density at radius 2 is 2.50 bits per heavy atom. The van der Waals surface area contributed by atoms with Gasteiger partial charge in [0.1, 0.15) is 4.60 Å². The summed E-state index contributed by atoms with van der Waals surface area (Å²) in [7, 11) is 1.86. The molecule has 3 nitrogen and oxygen atoms in total. The highest BCUT2D eigenvalue weighted by Gasteiger charge is 2.00. The molecular formula is C6H9BrN2O. The zero-order valence-corrected chi connectivity index (χ0v) is 7.30. The normalized spacial score (nSPS) is 10.3. The second kappa shape index (κ2) is 3.16. The molecule has 0 spiro atoms. The van der Waals surface area contributed by atoms with Gasteiger partial charge in [0.15, 0.2) is 0 Å². The maximum atomic E-state index is 8.60. The monoisotopic (exact) mass is 204 g/mol. The SMILES string of the molecule is Cn1nc(Br)cc1CCO. The summed E-state index contributed by atoms with van der Waals surface area (Å²) in [5, 5.41) is 12.6. The number of aryl methyl sites for hydroxylation is 1. The minimum atomic E-state index is 0.173. The van der Waals surface area contributed by atoms with Crippen molar-refractivity contribution in [2.24, 2.45) is 7.05 Å². The second-order valence-corrected chi connectivity index (χ2v) is 2.87. The third-order valence-corrected chi connectivity index (χ3v) is 1.70. The van der Waals surface area contributed by atoms with Crippen LogP contribution in [0.15, 0.2) is 10.7 Å². The van der Waals surface area contributed by atoms with Crippen molar-refractivity contribution in [2.75, 3.05) is 6.61 Å². The molecule has 10 heavy (non-hydrogen) atoms. The van der Waals surface area contributed by atoms with Crippen LogP contribution >= 0.6 is 15.9 Å². The molecule has 0 saturated carbocycles. The predicted octanol–water partition coefficient (Wildman–Crippen LogP) is 0.717. The van der Waals surface area contributed by atoms with E-state index in [1.54, 1.807) is 4.68 Å². The van der Waals surface area contributed by atoms with Gasteiger partial charge in [-0.3, -0.25) is 4.68 Å². The van der Waals surface area contributed by atoms with E-state index in [0.29, 0.717) is 6.42 Å². The lowest BCUT2D eigenvalue weighted by Crippen LogP contribution is -2.00. The van der Waals surface area contributed by atoms with E-state index in [0.717, 1.165) is 10.3 Å². The fraction of sp³-hybridized carbons (Fsp3) is 0.500. The first-order valence-corrected chi connectivity index (χ1v) is 3.82. The summed E-state index contributed by atoms with van der Waals surface area (Å²) < 4.78 is 2.57. The Morgan fingerprint density at radius 1 is 1.80 bits per heavy atom. The maximum Gasteiger partial charge on any atom is 0.128 e.